The number of carboxylic acid groups (broad SMARTS) is 1. The number of amides is 2. The molecule has 0 heterocycles. The highest BCUT2D eigenvalue weighted by molar-refractivity contribution is 5.93. The monoisotopic (exact) mass is 256 g/mol. The molecule has 1 saturated carbocycles. The van der Waals surface area contributed by atoms with E-state index in [4.69, 9.17) is 5.11 Å². The van der Waals surface area contributed by atoms with Crippen molar-refractivity contribution in [3.05, 3.63) is 0 Å². The van der Waals surface area contributed by atoms with E-state index in [2.05, 4.69) is 10.6 Å². The number of nitrogens with one attached hydrogen (secondary N) is 2. The lowest BCUT2D eigenvalue weighted by atomic mass is 10.0. The van der Waals surface area contributed by atoms with E-state index in [-0.39, 0.29) is 17.7 Å². The predicted octanol–water partition coefficient (Wildman–Crippen LogP) is -0.0160. The van der Waals surface area contributed by atoms with Crippen LogP contribution in [-0.2, 0) is 14.4 Å². The first-order chi connectivity index (χ1) is 8.36. The lowest BCUT2D eigenvalue weighted by Crippen LogP contribution is -2.47. The maximum atomic E-state index is 11.8. The summed E-state index contributed by atoms with van der Waals surface area (Å²) in [6, 6.07) is -0.586. The third-order valence-electron chi connectivity index (χ3n) is 3.03. The molecule has 0 spiro atoms. The first-order valence-corrected chi connectivity index (χ1v) is 6.11. The summed E-state index contributed by atoms with van der Waals surface area (Å²) in [5.41, 5.74) is 0. The highest BCUT2D eigenvalue weighted by Crippen LogP contribution is 2.38. The van der Waals surface area contributed by atoms with Gasteiger partial charge in [0, 0.05) is 7.05 Å². The second-order valence-corrected chi connectivity index (χ2v) is 5.09. The van der Waals surface area contributed by atoms with Crippen molar-refractivity contribution in [1.82, 2.24) is 10.6 Å². The Morgan fingerprint density at radius 1 is 1.28 bits per heavy atom. The number of likely N-dealkylation sites (N-methyl/N-ethyl adjacent to an activating group) is 1. The number of hydrogen-bond donors (Lipinski definition) is 3. The third-order valence-corrected chi connectivity index (χ3v) is 3.03. The summed E-state index contributed by atoms with van der Waals surface area (Å²) in [4.78, 5) is 34.0. The predicted molar refractivity (Wildman–Crippen MR) is 64.7 cm³/mol. The largest absolute Gasteiger partial charge is 0.481 e. The van der Waals surface area contributed by atoms with Crippen LogP contribution in [0.5, 0.6) is 0 Å². The molecule has 1 aliphatic rings. The summed E-state index contributed by atoms with van der Waals surface area (Å²) >= 11 is 0. The molecule has 3 atom stereocenters. The minimum absolute atomic E-state index is 0.246. The van der Waals surface area contributed by atoms with Gasteiger partial charge in [0.2, 0.25) is 11.8 Å². The van der Waals surface area contributed by atoms with E-state index in [0.717, 1.165) is 0 Å². The number of aliphatic carboxylic acids is 1. The molecule has 1 rings (SSSR count). The normalized spacial score (nSPS) is 23.3. The van der Waals surface area contributed by atoms with Crippen LogP contribution in [0.1, 0.15) is 26.7 Å². The van der Waals surface area contributed by atoms with Gasteiger partial charge in [-0.3, -0.25) is 14.4 Å². The number of carboxylic acids is 1. The molecule has 3 N–H and O–H groups in total. The molecule has 2 amide bonds. The van der Waals surface area contributed by atoms with Gasteiger partial charge in [-0.1, -0.05) is 13.8 Å². The molecule has 0 saturated heterocycles. The minimum Gasteiger partial charge on any atom is -0.481 e. The second kappa shape index (κ2) is 5.84. The Bertz CT molecular complexity index is 354. The van der Waals surface area contributed by atoms with E-state index in [0.29, 0.717) is 12.8 Å². The molecule has 0 bridgehead atoms. The molecule has 1 aliphatic carbocycles. The maximum Gasteiger partial charge on any atom is 0.307 e. The third kappa shape index (κ3) is 3.72. The summed E-state index contributed by atoms with van der Waals surface area (Å²) in [6.45, 7) is 3.92. The van der Waals surface area contributed by atoms with Crippen molar-refractivity contribution >= 4 is 17.8 Å². The zero-order valence-electron chi connectivity index (χ0n) is 10.9. The van der Waals surface area contributed by atoms with Crippen LogP contribution in [0.2, 0.25) is 0 Å². The Balaban J connectivity index is 2.53. The Labute approximate surface area is 106 Å². The van der Waals surface area contributed by atoms with Crippen LogP contribution in [0.3, 0.4) is 0 Å². The molecule has 102 valence electrons. The van der Waals surface area contributed by atoms with Gasteiger partial charge in [0.15, 0.2) is 0 Å². The summed E-state index contributed by atoms with van der Waals surface area (Å²) in [7, 11) is 1.51. The van der Waals surface area contributed by atoms with Crippen LogP contribution >= 0.6 is 0 Å². The first kappa shape index (κ1) is 14.5. The molecule has 18 heavy (non-hydrogen) atoms. The lowest BCUT2D eigenvalue weighted by molar-refractivity contribution is -0.140. The fraction of sp³-hybridized carbons (Fsp3) is 0.750. The molecule has 1 fully saturated rings. The molecule has 6 nitrogen and oxygen atoms in total. The second-order valence-electron chi connectivity index (χ2n) is 5.09. The van der Waals surface area contributed by atoms with Gasteiger partial charge in [-0.05, 0) is 18.8 Å². The van der Waals surface area contributed by atoms with Crippen LogP contribution in [-0.4, -0.2) is 36.0 Å². The Morgan fingerprint density at radius 3 is 2.28 bits per heavy atom. The van der Waals surface area contributed by atoms with Crippen molar-refractivity contribution in [2.45, 2.75) is 32.7 Å². The van der Waals surface area contributed by atoms with Gasteiger partial charge in [-0.2, -0.15) is 0 Å². The average molecular weight is 256 g/mol. The zero-order valence-corrected chi connectivity index (χ0v) is 10.9. The number of carbonyl (C=O) groups excluding carboxylic acids is 2. The van der Waals surface area contributed by atoms with Crippen molar-refractivity contribution in [3.8, 4) is 0 Å². The van der Waals surface area contributed by atoms with Crippen molar-refractivity contribution in [3.63, 3.8) is 0 Å². The number of carbonyl (C=O) groups is 3. The van der Waals surface area contributed by atoms with Crippen molar-refractivity contribution < 1.29 is 19.5 Å². The Hall–Kier alpha value is -1.59. The maximum absolute atomic E-state index is 11.8. The van der Waals surface area contributed by atoms with Crippen molar-refractivity contribution in [2.75, 3.05) is 7.05 Å². The van der Waals surface area contributed by atoms with E-state index in [1.165, 1.54) is 7.05 Å². The Morgan fingerprint density at radius 2 is 1.89 bits per heavy atom. The number of rotatable bonds is 6. The van der Waals surface area contributed by atoms with Gasteiger partial charge >= 0.3 is 5.97 Å². The van der Waals surface area contributed by atoms with E-state index >= 15 is 0 Å². The molecule has 0 aliphatic heterocycles. The molecular formula is C12H20N2O4. The summed E-state index contributed by atoms with van der Waals surface area (Å²) in [5.74, 6) is -2.34. The van der Waals surface area contributed by atoms with Gasteiger partial charge in [0.05, 0.1) is 11.8 Å². The molecule has 0 aromatic carbocycles. The fourth-order valence-electron chi connectivity index (χ4n) is 1.91. The number of hydrogen-bond acceptors (Lipinski definition) is 3. The fourth-order valence-corrected chi connectivity index (χ4v) is 1.91. The van der Waals surface area contributed by atoms with E-state index < -0.39 is 23.8 Å². The molecule has 0 radical (unpaired) electrons. The quantitative estimate of drug-likeness (QED) is 0.622. The van der Waals surface area contributed by atoms with E-state index in [1.54, 1.807) is 0 Å². The van der Waals surface area contributed by atoms with Crippen LogP contribution < -0.4 is 10.6 Å². The summed E-state index contributed by atoms with van der Waals surface area (Å²) < 4.78 is 0. The van der Waals surface area contributed by atoms with Gasteiger partial charge in [-0.25, -0.2) is 0 Å². The van der Waals surface area contributed by atoms with E-state index in [9.17, 15) is 14.4 Å². The van der Waals surface area contributed by atoms with Crippen molar-refractivity contribution in [1.29, 1.82) is 0 Å². The molecule has 6 heteroatoms. The molecule has 3 unspecified atom stereocenters. The average Bonchev–Trinajstić information content (AvgIpc) is 3.06. The van der Waals surface area contributed by atoms with Gasteiger partial charge in [-0.15, -0.1) is 0 Å². The Kier molecular flexibility index (Phi) is 4.69. The van der Waals surface area contributed by atoms with Crippen molar-refractivity contribution in [2.24, 2.45) is 17.8 Å². The van der Waals surface area contributed by atoms with Crippen LogP contribution in [0, 0.1) is 17.8 Å². The van der Waals surface area contributed by atoms with Crippen LogP contribution in [0.25, 0.3) is 0 Å². The van der Waals surface area contributed by atoms with Gasteiger partial charge in [0.25, 0.3) is 0 Å². The van der Waals surface area contributed by atoms with E-state index in [1.807, 2.05) is 13.8 Å². The summed E-state index contributed by atoms with van der Waals surface area (Å²) in [5, 5.41) is 13.9. The SMILES string of the molecule is CNC(=O)C(CC(C)C)NC(=O)C1CC1C(=O)O. The topological polar surface area (TPSA) is 95.5 Å². The highest BCUT2D eigenvalue weighted by atomic mass is 16.4. The summed E-state index contributed by atoms with van der Waals surface area (Å²) in [6.07, 6.45) is 0.902. The van der Waals surface area contributed by atoms with Crippen LogP contribution in [0.15, 0.2) is 0 Å². The minimum atomic E-state index is -0.949. The van der Waals surface area contributed by atoms with Crippen LogP contribution in [0.4, 0.5) is 0 Å². The highest BCUT2D eigenvalue weighted by Gasteiger charge is 2.48. The molecule has 0 aromatic heterocycles. The zero-order chi connectivity index (χ0) is 13.9. The molecular weight excluding hydrogens is 236 g/mol. The molecule has 0 aromatic rings. The first-order valence-electron chi connectivity index (χ1n) is 6.11. The standard InChI is InChI=1S/C12H20N2O4/c1-6(2)4-9(11(16)13-3)14-10(15)7-5-8(7)12(17)18/h6-9H,4-5H2,1-3H3,(H,13,16)(H,14,15)(H,17,18). The smallest absolute Gasteiger partial charge is 0.307 e. The van der Waals surface area contributed by atoms with Gasteiger partial charge in [0.1, 0.15) is 6.04 Å². The lowest BCUT2D eigenvalue weighted by Gasteiger charge is -2.19. The van der Waals surface area contributed by atoms with Gasteiger partial charge < -0.3 is 15.7 Å².